The number of nitrogens with one attached hydrogen (secondary N) is 1. The van der Waals surface area contributed by atoms with Crippen molar-refractivity contribution in [2.24, 2.45) is 0 Å². The van der Waals surface area contributed by atoms with Gasteiger partial charge in [-0.1, -0.05) is 47.5 Å². The third-order valence-corrected chi connectivity index (χ3v) is 3.82. The van der Waals surface area contributed by atoms with Gasteiger partial charge in [0.05, 0.1) is 6.42 Å². The number of ether oxygens (including phenoxy) is 1. The quantitative estimate of drug-likeness (QED) is 0.792. The van der Waals surface area contributed by atoms with Crippen molar-refractivity contribution in [3.8, 4) is 0 Å². The summed E-state index contributed by atoms with van der Waals surface area (Å²) in [4.78, 5) is 23.9. The fourth-order valence-corrected chi connectivity index (χ4v) is 2.25. The van der Waals surface area contributed by atoms with E-state index in [-0.39, 0.29) is 12.3 Å². The Bertz CT molecular complexity index is 699. The zero-order valence-electron chi connectivity index (χ0n) is 13.1. The smallest absolute Gasteiger partial charge is 0.311 e. The molecule has 1 N–H and O–H groups in total. The first-order valence-corrected chi connectivity index (χ1v) is 8.15. The second-order valence-electron chi connectivity index (χ2n) is 5.28. The topological polar surface area (TPSA) is 55.4 Å². The number of rotatable bonds is 6. The minimum absolute atomic E-state index is 0.0893. The number of hydrogen-bond acceptors (Lipinski definition) is 3. The summed E-state index contributed by atoms with van der Waals surface area (Å²) in [6.07, 6.45) is -0.775. The number of amides is 1. The molecule has 0 saturated heterocycles. The average molecular weight is 366 g/mol. The first kappa shape index (κ1) is 18.3. The van der Waals surface area contributed by atoms with E-state index in [1.807, 2.05) is 12.1 Å². The molecule has 1 atom stereocenters. The van der Waals surface area contributed by atoms with Crippen molar-refractivity contribution in [3.63, 3.8) is 0 Å². The molecule has 0 aliphatic rings. The van der Waals surface area contributed by atoms with E-state index in [0.717, 1.165) is 11.1 Å². The molecule has 0 bridgehead atoms. The van der Waals surface area contributed by atoms with Gasteiger partial charge >= 0.3 is 5.97 Å². The van der Waals surface area contributed by atoms with Gasteiger partial charge in [0.25, 0.3) is 5.91 Å². The fraction of sp³-hybridized carbons (Fsp3) is 0.222. The predicted molar refractivity (Wildman–Crippen MR) is 94.0 cm³/mol. The highest BCUT2D eigenvalue weighted by Crippen LogP contribution is 2.11. The van der Waals surface area contributed by atoms with Crippen molar-refractivity contribution in [1.82, 2.24) is 5.32 Å². The molecule has 0 aliphatic heterocycles. The molecular weight excluding hydrogens is 349 g/mol. The molecule has 1 unspecified atom stereocenters. The molecule has 4 nitrogen and oxygen atoms in total. The summed E-state index contributed by atoms with van der Waals surface area (Å²) < 4.78 is 5.15. The molecule has 1 amide bonds. The molecule has 2 aromatic rings. The van der Waals surface area contributed by atoms with Crippen LogP contribution in [-0.2, 0) is 27.3 Å². The summed E-state index contributed by atoms with van der Waals surface area (Å²) in [6.45, 7) is 1.88. The SMILES string of the molecule is CC(OC(=O)Cc1ccc(Cl)cc1)C(=O)NCc1ccc(Cl)cc1. The maximum Gasteiger partial charge on any atom is 0.311 e. The first-order valence-electron chi connectivity index (χ1n) is 7.40. The molecule has 0 fully saturated rings. The Morgan fingerprint density at radius 1 is 0.958 bits per heavy atom. The van der Waals surface area contributed by atoms with Crippen molar-refractivity contribution in [1.29, 1.82) is 0 Å². The largest absolute Gasteiger partial charge is 0.452 e. The van der Waals surface area contributed by atoms with Crippen LogP contribution < -0.4 is 5.32 Å². The van der Waals surface area contributed by atoms with E-state index in [4.69, 9.17) is 27.9 Å². The van der Waals surface area contributed by atoms with Gasteiger partial charge in [-0.2, -0.15) is 0 Å². The zero-order chi connectivity index (χ0) is 17.5. The van der Waals surface area contributed by atoms with Crippen molar-refractivity contribution in [2.45, 2.75) is 26.0 Å². The monoisotopic (exact) mass is 365 g/mol. The second kappa shape index (κ2) is 8.71. The van der Waals surface area contributed by atoms with E-state index < -0.39 is 12.1 Å². The lowest BCUT2D eigenvalue weighted by molar-refractivity contribution is -0.154. The fourth-order valence-electron chi connectivity index (χ4n) is 2.00. The van der Waals surface area contributed by atoms with E-state index in [2.05, 4.69) is 5.32 Å². The number of benzene rings is 2. The molecule has 0 spiro atoms. The van der Waals surface area contributed by atoms with Gasteiger partial charge in [0.15, 0.2) is 6.10 Å². The summed E-state index contributed by atoms with van der Waals surface area (Å²) in [5.41, 5.74) is 1.69. The molecule has 0 heterocycles. The van der Waals surface area contributed by atoms with Crippen LogP contribution in [-0.4, -0.2) is 18.0 Å². The van der Waals surface area contributed by atoms with Gasteiger partial charge in [-0.15, -0.1) is 0 Å². The zero-order valence-corrected chi connectivity index (χ0v) is 14.6. The Labute approximate surface area is 150 Å². The summed E-state index contributed by atoms with van der Waals surface area (Å²) in [5.74, 6) is -0.819. The summed E-state index contributed by atoms with van der Waals surface area (Å²) in [7, 11) is 0. The van der Waals surface area contributed by atoms with Gasteiger partial charge in [0, 0.05) is 16.6 Å². The van der Waals surface area contributed by atoms with Gasteiger partial charge in [-0.05, 0) is 42.3 Å². The van der Waals surface area contributed by atoms with Crippen LogP contribution >= 0.6 is 23.2 Å². The van der Waals surface area contributed by atoms with Gasteiger partial charge in [-0.25, -0.2) is 0 Å². The summed E-state index contributed by atoms with van der Waals surface area (Å²) in [6, 6.07) is 14.0. The standard InChI is InChI=1S/C18H17Cl2NO3/c1-12(18(23)21-11-14-4-8-16(20)9-5-14)24-17(22)10-13-2-6-15(19)7-3-13/h2-9,12H,10-11H2,1H3,(H,21,23). The van der Waals surface area contributed by atoms with Gasteiger partial charge in [-0.3, -0.25) is 9.59 Å². The molecule has 0 aliphatic carbocycles. The molecule has 0 aromatic heterocycles. The Morgan fingerprint density at radius 3 is 2.00 bits per heavy atom. The van der Waals surface area contributed by atoms with Gasteiger partial charge in [0.1, 0.15) is 0 Å². The highest BCUT2D eigenvalue weighted by atomic mass is 35.5. The molecule has 2 aromatic carbocycles. The highest BCUT2D eigenvalue weighted by molar-refractivity contribution is 6.30. The van der Waals surface area contributed by atoms with E-state index >= 15 is 0 Å². The van der Waals surface area contributed by atoms with Crippen molar-refractivity contribution in [3.05, 3.63) is 69.7 Å². The first-order chi connectivity index (χ1) is 11.4. The van der Waals surface area contributed by atoms with Gasteiger partial charge < -0.3 is 10.1 Å². The second-order valence-corrected chi connectivity index (χ2v) is 6.15. The molecule has 6 heteroatoms. The van der Waals surface area contributed by atoms with E-state index in [1.165, 1.54) is 6.92 Å². The minimum atomic E-state index is -0.864. The number of halogens is 2. The van der Waals surface area contributed by atoms with E-state index in [0.29, 0.717) is 16.6 Å². The summed E-state index contributed by atoms with van der Waals surface area (Å²) >= 11 is 11.6. The normalized spacial score (nSPS) is 11.6. The van der Waals surface area contributed by atoms with E-state index in [1.54, 1.807) is 36.4 Å². The van der Waals surface area contributed by atoms with Gasteiger partial charge in [0.2, 0.25) is 0 Å². The molecule has 0 radical (unpaired) electrons. The van der Waals surface area contributed by atoms with Crippen LogP contribution in [0.1, 0.15) is 18.1 Å². The van der Waals surface area contributed by atoms with Crippen molar-refractivity contribution < 1.29 is 14.3 Å². The van der Waals surface area contributed by atoms with Crippen molar-refractivity contribution >= 4 is 35.1 Å². The third kappa shape index (κ3) is 5.87. The Balaban J connectivity index is 1.78. The van der Waals surface area contributed by atoms with Crippen LogP contribution in [0.3, 0.4) is 0 Å². The maximum absolute atomic E-state index is 12.0. The molecule has 126 valence electrons. The highest BCUT2D eigenvalue weighted by Gasteiger charge is 2.17. The molecular formula is C18H17Cl2NO3. The Kier molecular flexibility index (Phi) is 6.64. The molecule has 0 saturated carbocycles. The number of hydrogen-bond donors (Lipinski definition) is 1. The lowest BCUT2D eigenvalue weighted by Crippen LogP contribution is -2.35. The Morgan fingerprint density at radius 2 is 1.46 bits per heavy atom. The number of carbonyl (C=O) groups is 2. The van der Waals surface area contributed by atoms with Crippen LogP contribution in [0.15, 0.2) is 48.5 Å². The van der Waals surface area contributed by atoms with E-state index in [9.17, 15) is 9.59 Å². The van der Waals surface area contributed by atoms with Crippen LogP contribution in [0.2, 0.25) is 10.0 Å². The molecule has 24 heavy (non-hydrogen) atoms. The molecule has 2 rings (SSSR count). The average Bonchev–Trinajstić information content (AvgIpc) is 2.56. The lowest BCUT2D eigenvalue weighted by atomic mass is 10.1. The van der Waals surface area contributed by atoms with Crippen LogP contribution in [0.25, 0.3) is 0 Å². The third-order valence-electron chi connectivity index (χ3n) is 3.32. The van der Waals surface area contributed by atoms with Crippen LogP contribution in [0.5, 0.6) is 0 Å². The van der Waals surface area contributed by atoms with Crippen LogP contribution in [0, 0.1) is 0 Å². The number of carbonyl (C=O) groups excluding carboxylic acids is 2. The minimum Gasteiger partial charge on any atom is -0.452 e. The summed E-state index contributed by atoms with van der Waals surface area (Å²) in [5, 5.41) is 3.95. The number of esters is 1. The predicted octanol–water partition coefficient (Wildman–Crippen LogP) is 3.78. The lowest BCUT2D eigenvalue weighted by Gasteiger charge is -2.13. The maximum atomic E-state index is 12.0. The Hall–Kier alpha value is -2.04. The van der Waals surface area contributed by atoms with Crippen molar-refractivity contribution in [2.75, 3.05) is 0 Å². The van der Waals surface area contributed by atoms with Crippen LogP contribution in [0.4, 0.5) is 0 Å².